The Morgan fingerprint density at radius 1 is 1.06 bits per heavy atom. The zero-order chi connectivity index (χ0) is 25.3. The zero-order valence-corrected chi connectivity index (χ0v) is 19.8. The van der Waals surface area contributed by atoms with Crippen LogP contribution in [0.2, 0.25) is 0 Å². The number of anilines is 1. The van der Waals surface area contributed by atoms with Gasteiger partial charge < -0.3 is 14.8 Å². The van der Waals surface area contributed by atoms with E-state index in [4.69, 9.17) is 4.74 Å². The van der Waals surface area contributed by atoms with Crippen LogP contribution in [0.3, 0.4) is 0 Å². The van der Waals surface area contributed by atoms with Crippen LogP contribution in [0, 0.1) is 24.0 Å². The molecule has 0 saturated carbocycles. The lowest BCUT2D eigenvalue weighted by Crippen LogP contribution is -2.13. The number of nitrogens with zero attached hydrogens (tertiary/aromatic N) is 3. The number of hydrogen-bond donors (Lipinski definition) is 3. The molecule has 180 valence electrons. The van der Waals surface area contributed by atoms with Gasteiger partial charge >= 0.3 is 0 Å². The van der Waals surface area contributed by atoms with Crippen LogP contribution in [0.1, 0.15) is 11.1 Å². The maximum Gasteiger partial charge on any atom is 0.270 e. The Morgan fingerprint density at radius 2 is 1.77 bits per heavy atom. The second-order valence-electron chi connectivity index (χ2n) is 7.70. The molecule has 4 aromatic rings. The van der Waals surface area contributed by atoms with Gasteiger partial charge in [0.15, 0.2) is 5.69 Å². The first-order valence-corrected chi connectivity index (χ1v) is 11.8. The van der Waals surface area contributed by atoms with Crippen LogP contribution < -0.4 is 9.46 Å². The first-order chi connectivity index (χ1) is 16.6. The lowest BCUT2D eigenvalue weighted by molar-refractivity contribution is -0.385. The van der Waals surface area contributed by atoms with Crippen molar-refractivity contribution in [3.63, 3.8) is 0 Å². The summed E-state index contributed by atoms with van der Waals surface area (Å²) in [6.45, 7) is 3.82. The molecule has 0 bridgehead atoms. The van der Waals surface area contributed by atoms with Gasteiger partial charge in [0.2, 0.25) is 5.88 Å². The van der Waals surface area contributed by atoms with Crippen LogP contribution in [0.4, 0.5) is 22.7 Å². The number of nitro groups is 1. The molecular formula is C23H21N5O6S. The number of non-ortho nitro benzene ring substituents is 1. The molecule has 0 unspecified atom stereocenters. The van der Waals surface area contributed by atoms with Crippen molar-refractivity contribution in [2.75, 3.05) is 11.8 Å². The molecular weight excluding hydrogens is 474 g/mol. The van der Waals surface area contributed by atoms with Crippen molar-refractivity contribution in [2.45, 2.75) is 18.7 Å². The second kappa shape index (κ2) is 9.06. The average Bonchev–Trinajstić information content (AvgIpc) is 3.15. The summed E-state index contributed by atoms with van der Waals surface area (Å²) in [6, 6.07) is 13.0. The lowest BCUT2D eigenvalue weighted by Gasteiger charge is -2.10. The first-order valence-electron chi connectivity index (χ1n) is 10.3. The summed E-state index contributed by atoms with van der Waals surface area (Å²) in [4.78, 5) is 13.0. The Morgan fingerprint density at radius 3 is 2.43 bits per heavy atom. The fraction of sp³-hybridized carbons (Fsp3) is 0.130. The van der Waals surface area contributed by atoms with Gasteiger partial charge in [0.1, 0.15) is 16.3 Å². The molecule has 3 aromatic carbocycles. The Kier molecular flexibility index (Phi) is 6.14. The number of methoxy groups -OCH3 is 1. The highest BCUT2D eigenvalue weighted by Crippen LogP contribution is 2.39. The highest BCUT2D eigenvalue weighted by molar-refractivity contribution is 7.92. The Bertz CT molecular complexity index is 1580. The minimum atomic E-state index is -4.29. The monoisotopic (exact) mass is 495 g/mol. The quantitative estimate of drug-likeness (QED) is 0.171. The van der Waals surface area contributed by atoms with Crippen molar-refractivity contribution in [1.29, 1.82) is 0 Å². The van der Waals surface area contributed by atoms with Gasteiger partial charge in [-0.15, -0.1) is 10.2 Å². The number of fused-ring (bicyclic) bond motifs is 1. The van der Waals surface area contributed by atoms with E-state index in [9.17, 15) is 23.6 Å². The van der Waals surface area contributed by atoms with Crippen LogP contribution >= 0.6 is 0 Å². The highest BCUT2D eigenvalue weighted by atomic mass is 32.2. The molecule has 0 aliphatic heterocycles. The molecule has 0 aliphatic rings. The normalized spacial score (nSPS) is 11.7. The van der Waals surface area contributed by atoms with Crippen molar-refractivity contribution < 1.29 is 23.2 Å². The van der Waals surface area contributed by atoms with E-state index in [1.54, 1.807) is 18.2 Å². The predicted molar refractivity (Wildman–Crippen MR) is 131 cm³/mol. The molecule has 0 aliphatic carbocycles. The van der Waals surface area contributed by atoms with E-state index in [-0.39, 0.29) is 22.9 Å². The van der Waals surface area contributed by atoms with Gasteiger partial charge in [-0.25, -0.2) is 8.42 Å². The van der Waals surface area contributed by atoms with Gasteiger partial charge in [-0.2, -0.15) is 0 Å². The number of benzene rings is 3. The summed E-state index contributed by atoms with van der Waals surface area (Å²) in [6.07, 6.45) is 0. The molecule has 4 rings (SSSR count). The molecule has 35 heavy (non-hydrogen) atoms. The maximum absolute atomic E-state index is 13.2. The van der Waals surface area contributed by atoms with E-state index in [1.807, 2.05) is 19.9 Å². The molecule has 0 fully saturated rings. The van der Waals surface area contributed by atoms with Crippen LogP contribution in [0.15, 0.2) is 69.7 Å². The summed E-state index contributed by atoms with van der Waals surface area (Å²) >= 11 is 0. The second-order valence-corrected chi connectivity index (χ2v) is 9.35. The number of aromatic hydroxyl groups is 1. The minimum Gasteiger partial charge on any atom is -0.497 e. The maximum atomic E-state index is 13.2. The fourth-order valence-corrected chi connectivity index (χ4v) is 4.68. The predicted octanol–water partition coefficient (Wildman–Crippen LogP) is 5.62. The zero-order valence-electron chi connectivity index (χ0n) is 18.9. The number of ether oxygens (including phenoxy) is 1. The largest absolute Gasteiger partial charge is 0.497 e. The highest BCUT2D eigenvalue weighted by Gasteiger charge is 2.23. The van der Waals surface area contributed by atoms with Crippen LogP contribution in [-0.2, 0) is 10.0 Å². The third-order valence-corrected chi connectivity index (χ3v) is 6.91. The van der Waals surface area contributed by atoms with Crippen molar-refractivity contribution in [3.8, 4) is 11.6 Å². The summed E-state index contributed by atoms with van der Waals surface area (Å²) in [7, 11) is -2.82. The number of nitrogens with one attached hydrogen (secondary N) is 2. The molecule has 0 atom stereocenters. The molecule has 0 saturated heterocycles. The van der Waals surface area contributed by atoms with E-state index >= 15 is 0 Å². The molecule has 0 radical (unpaired) electrons. The third-order valence-electron chi connectivity index (χ3n) is 5.50. The van der Waals surface area contributed by atoms with Crippen molar-refractivity contribution in [1.82, 2.24) is 4.98 Å². The number of sulfonamides is 1. The number of aromatic amines is 1. The van der Waals surface area contributed by atoms with E-state index in [0.717, 1.165) is 23.3 Å². The average molecular weight is 496 g/mol. The summed E-state index contributed by atoms with van der Waals surface area (Å²) in [5.74, 6) is 0.293. The van der Waals surface area contributed by atoms with Gasteiger partial charge in [0.05, 0.1) is 17.5 Å². The standard InChI is InChI=1S/C23H21N5O6S/c1-13-4-10-18-21(14(13)2)24-23(29)22(18)26-25-19-11-7-16(28(30)31)12-20(19)35(32,33)27-15-5-8-17(34-3)9-6-15/h4-12,24,27,29H,1-3H3. The first kappa shape index (κ1) is 23.7. The van der Waals surface area contributed by atoms with Crippen LogP contribution in [0.5, 0.6) is 11.6 Å². The van der Waals surface area contributed by atoms with E-state index in [2.05, 4.69) is 19.9 Å². The molecule has 1 heterocycles. The van der Waals surface area contributed by atoms with Gasteiger partial charge in [-0.3, -0.25) is 14.8 Å². The third kappa shape index (κ3) is 4.64. The molecule has 12 heteroatoms. The Hall–Kier alpha value is -4.45. The summed E-state index contributed by atoms with van der Waals surface area (Å²) in [5.41, 5.74) is 2.37. The van der Waals surface area contributed by atoms with Crippen LogP contribution in [0.25, 0.3) is 10.9 Å². The smallest absolute Gasteiger partial charge is 0.270 e. The molecule has 3 N–H and O–H groups in total. The van der Waals surface area contributed by atoms with Gasteiger partial charge in [0, 0.05) is 23.2 Å². The van der Waals surface area contributed by atoms with Crippen molar-refractivity contribution in [3.05, 3.63) is 75.8 Å². The number of hydrogen-bond acceptors (Lipinski definition) is 8. The number of aryl methyl sites for hydroxylation is 2. The lowest BCUT2D eigenvalue weighted by atomic mass is 10.1. The molecule has 11 nitrogen and oxygen atoms in total. The van der Waals surface area contributed by atoms with Gasteiger partial charge in [-0.05, 0) is 55.3 Å². The number of nitro benzene ring substituents is 1. The number of azo groups is 1. The van der Waals surface area contributed by atoms with E-state index in [0.29, 0.717) is 16.7 Å². The Balaban J connectivity index is 1.78. The van der Waals surface area contributed by atoms with Gasteiger partial charge in [-0.1, -0.05) is 12.1 Å². The SMILES string of the molecule is COc1ccc(NS(=O)(=O)c2cc([N+](=O)[O-])ccc2N=Nc2c(O)[nH]c3c(C)c(C)ccc23)cc1. The molecule has 0 amide bonds. The Labute approximate surface area is 200 Å². The summed E-state index contributed by atoms with van der Waals surface area (Å²) < 4.78 is 33.7. The number of aromatic nitrogens is 1. The summed E-state index contributed by atoms with van der Waals surface area (Å²) in [5, 5.41) is 30.4. The topological polar surface area (TPSA) is 159 Å². The fourth-order valence-electron chi connectivity index (χ4n) is 3.47. The number of H-pyrrole nitrogens is 1. The minimum absolute atomic E-state index is 0.118. The van der Waals surface area contributed by atoms with E-state index in [1.165, 1.54) is 25.3 Å². The molecule has 0 spiro atoms. The van der Waals surface area contributed by atoms with Crippen LogP contribution in [-0.4, -0.2) is 30.5 Å². The van der Waals surface area contributed by atoms with Crippen molar-refractivity contribution >= 4 is 43.7 Å². The van der Waals surface area contributed by atoms with E-state index < -0.39 is 25.5 Å². The van der Waals surface area contributed by atoms with Crippen molar-refractivity contribution in [2.24, 2.45) is 10.2 Å². The number of rotatable bonds is 7. The van der Waals surface area contributed by atoms with Gasteiger partial charge in [0.25, 0.3) is 15.7 Å². The molecule has 1 aromatic heterocycles.